The van der Waals surface area contributed by atoms with E-state index in [2.05, 4.69) is 24.3 Å². The molecule has 1 atom stereocenters. The largest absolute Gasteiger partial charge is 0.494 e. The summed E-state index contributed by atoms with van der Waals surface area (Å²) in [6.07, 6.45) is 1.77. The third-order valence-corrected chi connectivity index (χ3v) is 3.19. The highest BCUT2D eigenvalue weighted by Crippen LogP contribution is 2.14. The van der Waals surface area contributed by atoms with Crippen molar-refractivity contribution in [2.45, 2.75) is 25.1 Å². The van der Waals surface area contributed by atoms with E-state index in [1.165, 1.54) is 0 Å². The van der Waals surface area contributed by atoms with Gasteiger partial charge in [-0.25, -0.2) is 0 Å². The van der Waals surface area contributed by atoms with Gasteiger partial charge < -0.3 is 15.0 Å². The van der Waals surface area contributed by atoms with Gasteiger partial charge >= 0.3 is 0 Å². The molecule has 1 amide bonds. The molecule has 0 spiro atoms. The fourth-order valence-corrected chi connectivity index (χ4v) is 1.91. The summed E-state index contributed by atoms with van der Waals surface area (Å²) in [7, 11) is 4.10. The summed E-state index contributed by atoms with van der Waals surface area (Å²) in [5.41, 5.74) is 1.14. The topological polar surface area (TPSA) is 41.6 Å². The van der Waals surface area contributed by atoms with Crippen LogP contribution in [0.2, 0.25) is 0 Å². The van der Waals surface area contributed by atoms with Crippen LogP contribution in [0.5, 0.6) is 5.75 Å². The smallest absolute Gasteiger partial charge is 0.237 e. The molecule has 1 aromatic carbocycles. The van der Waals surface area contributed by atoms with Crippen molar-refractivity contribution in [3.05, 3.63) is 29.8 Å². The molecule has 0 fully saturated rings. The van der Waals surface area contributed by atoms with Crippen LogP contribution in [0.1, 0.15) is 18.9 Å². The van der Waals surface area contributed by atoms with Crippen LogP contribution in [-0.4, -0.2) is 50.0 Å². The molecule has 1 N–H and O–H groups in total. The van der Waals surface area contributed by atoms with E-state index in [0.29, 0.717) is 13.2 Å². The maximum Gasteiger partial charge on any atom is 0.237 e. The lowest BCUT2D eigenvalue weighted by Crippen LogP contribution is -2.31. The number of benzene rings is 1. The zero-order chi connectivity index (χ0) is 15.7. The minimum atomic E-state index is -0.489. The van der Waals surface area contributed by atoms with Crippen LogP contribution in [0, 0.1) is 0 Å². The average molecular weight is 313 g/mol. The molecule has 0 bridgehead atoms. The lowest BCUT2D eigenvalue weighted by Gasteiger charge is -2.11. The minimum absolute atomic E-state index is 0.132. The summed E-state index contributed by atoms with van der Waals surface area (Å²) >= 11 is 5.69. The molecule has 1 aromatic rings. The van der Waals surface area contributed by atoms with Crippen LogP contribution in [0.3, 0.4) is 0 Å². The predicted molar refractivity (Wildman–Crippen MR) is 87.1 cm³/mol. The third-order valence-electron chi connectivity index (χ3n) is 2.99. The molecule has 0 radical (unpaired) electrons. The van der Waals surface area contributed by atoms with Crippen LogP contribution >= 0.6 is 11.6 Å². The predicted octanol–water partition coefficient (Wildman–Crippen LogP) is 2.30. The number of rotatable bonds is 9. The Morgan fingerprint density at radius 2 is 2.19 bits per heavy atom. The van der Waals surface area contributed by atoms with E-state index in [0.717, 1.165) is 30.7 Å². The molecule has 1 unspecified atom stereocenters. The number of amides is 1. The quantitative estimate of drug-likeness (QED) is 0.562. The number of ether oxygens (including phenoxy) is 1. The number of hydrogen-bond acceptors (Lipinski definition) is 3. The molecule has 0 saturated heterocycles. The van der Waals surface area contributed by atoms with Gasteiger partial charge in [0.1, 0.15) is 11.1 Å². The van der Waals surface area contributed by atoms with Crippen LogP contribution in [-0.2, 0) is 11.2 Å². The Balaban J connectivity index is 2.33. The van der Waals surface area contributed by atoms with Gasteiger partial charge in [0.2, 0.25) is 5.91 Å². The normalized spacial score (nSPS) is 12.2. The third kappa shape index (κ3) is 7.93. The summed E-state index contributed by atoms with van der Waals surface area (Å²) in [5.74, 6) is 0.746. The van der Waals surface area contributed by atoms with E-state index in [9.17, 15) is 4.79 Å². The van der Waals surface area contributed by atoms with Crippen LogP contribution in [0.4, 0.5) is 0 Å². The van der Waals surface area contributed by atoms with Gasteiger partial charge in [-0.15, -0.1) is 11.6 Å². The lowest BCUT2D eigenvalue weighted by atomic mass is 10.1. The second kappa shape index (κ2) is 9.64. The molecule has 118 valence electrons. The van der Waals surface area contributed by atoms with Gasteiger partial charge in [0.15, 0.2) is 0 Å². The van der Waals surface area contributed by atoms with E-state index >= 15 is 0 Å². The molecule has 0 saturated carbocycles. The van der Waals surface area contributed by atoms with Crippen LogP contribution in [0.25, 0.3) is 0 Å². The summed E-state index contributed by atoms with van der Waals surface area (Å²) in [6.45, 7) is 3.98. The number of nitrogens with zero attached hydrogens (tertiary/aromatic N) is 1. The zero-order valence-corrected chi connectivity index (χ0v) is 13.8. The number of nitrogens with one attached hydrogen (secondary N) is 1. The van der Waals surface area contributed by atoms with Gasteiger partial charge in [0.05, 0.1) is 6.61 Å². The maximum atomic E-state index is 11.4. The van der Waals surface area contributed by atoms with Gasteiger partial charge in [0, 0.05) is 13.1 Å². The summed E-state index contributed by atoms with van der Waals surface area (Å²) in [5, 5.41) is 2.31. The Morgan fingerprint density at radius 1 is 1.43 bits per heavy atom. The van der Waals surface area contributed by atoms with Gasteiger partial charge in [0.25, 0.3) is 0 Å². The lowest BCUT2D eigenvalue weighted by molar-refractivity contribution is -0.120. The molecular formula is C16H25ClN2O2. The van der Waals surface area contributed by atoms with E-state index in [-0.39, 0.29) is 5.91 Å². The van der Waals surface area contributed by atoms with E-state index < -0.39 is 5.38 Å². The van der Waals surface area contributed by atoms with Crippen molar-refractivity contribution >= 4 is 17.5 Å². The first-order valence-corrected chi connectivity index (χ1v) is 7.71. The van der Waals surface area contributed by atoms with E-state index in [1.807, 2.05) is 24.3 Å². The maximum absolute atomic E-state index is 11.4. The standard InChI is InChI=1S/C16H25ClN2O2/c1-13(17)16(20)18-9-8-14-6-4-7-15(12-14)21-11-5-10-19(2)3/h4,6-7,12-13H,5,8-11H2,1-3H3,(H,18,20). The van der Waals surface area contributed by atoms with Crippen LogP contribution < -0.4 is 10.1 Å². The fraction of sp³-hybridized carbons (Fsp3) is 0.562. The SMILES string of the molecule is CC(Cl)C(=O)NCCc1cccc(OCCCN(C)C)c1. The van der Waals surface area contributed by atoms with Gasteiger partial charge in [-0.05, 0) is 51.6 Å². The van der Waals surface area contributed by atoms with Gasteiger partial charge in [-0.2, -0.15) is 0 Å². The highest BCUT2D eigenvalue weighted by molar-refractivity contribution is 6.30. The first kappa shape index (κ1) is 17.8. The summed E-state index contributed by atoms with van der Waals surface area (Å²) < 4.78 is 5.73. The Bertz CT molecular complexity index is 436. The molecule has 4 nitrogen and oxygen atoms in total. The number of hydrogen-bond donors (Lipinski definition) is 1. The first-order chi connectivity index (χ1) is 9.99. The van der Waals surface area contributed by atoms with Crippen molar-refractivity contribution in [1.29, 1.82) is 0 Å². The van der Waals surface area contributed by atoms with Gasteiger partial charge in [-0.3, -0.25) is 4.79 Å². The van der Waals surface area contributed by atoms with Crippen molar-refractivity contribution in [3.63, 3.8) is 0 Å². The number of alkyl halides is 1. The molecule has 0 aliphatic heterocycles. The fourth-order valence-electron chi connectivity index (χ4n) is 1.83. The number of carbonyl (C=O) groups excluding carboxylic acids is 1. The molecule has 1 rings (SSSR count). The second-order valence-electron chi connectivity index (χ2n) is 5.31. The van der Waals surface area contributed by atoms with E-state index in [4.69, 9.17) is 16.3 Å². The number of halogens is 1. The molecule has 21 heavy (non-hydrogen) atoms. The summed E-state index contributed by atoms with van der Waals surface area (Å²) in [6, 6.07) is 7.98. The molecule has 5 heteroatoms. The van der Waals surface area contributed by atoms with Crippen molar-refractivity contribution in [2.24, 2.45) is 0 Å². The van der Waals surface area contributed by atoms with Crippen molar-refractivity contribution in [1.82, 2.24) is 10.2 Å². The van der Waals surface area contributed by atoms with E-state index in [1.54, 1.807) is 6.92 Å². The molecule has 0 heterocycles. The average Bonchev–Trinajstić information content (AvgIpc) is 2.43. The molecule has 0 aliphatic rings. The Morgan fingerprint density at radius 3 is 2.86 bits per heavy atom. The van der Waals surface area contributed by atoms with Crippen molar-refractivity contribution < 1.29 is 9.53 Å². The van der Waals surface area contributed by atoms with Gasteiger partial charge in [-0.1, -0.05) is 12.1 Å². The van der Waals surface area contributed by atoms with Crippen LogP contribution in [0.15, 0.2) is 24.3 Å². The zero-order valence-electron chi connectivity index (χ0n) is 13.1. The molecule has 0 aromatic heterocycles. The second-order valence-corrected chi connectivity index (χ2v) is 5.96. The molecular weight excluding hydrogens is 288 g/mol. The highest BCUT2D eigenvalue weighted by atomic mass is 35.5. The molecule has 0 aliphatic carbocycles. The van der Waals surface area contributed by atoms with Crippen molar-refractivity contribution in [2.75, 3.05) is 33.8 Å². The van der Waals surface area contributed by atoms with Crippen molar-refractivity contribution in [3.8, 4) is 5.75 Å². The first-order valence-electron chi connectivity index (χ1n) is 7.27. The Kier molecular flexibility index (Phi) is 8.16. The Hall–Kier alpha value is -1.26. The number of carbonyl (C=O) groups is 1. The Labute approximate surface area is 132 Å². The highest BCUT2D eigenvalue weighted by Gasteiger charge is 2.07. The monoisotopic (exact) mass is 312 g/mol. The minimum Gasteiger partial charge on any atom is -0.494 e. The summed E-state index contributed by atoms with van der Waals surface area (Å²) in [4.78, 5) is 13.5.